The highest BCUT2D eigenvalue weighted by molar-refractivity contribution is 9.12. The van der Waals surface area contributed by atoms with Crippen LogP contribution >= 0.6 is 15.9 Å². The predicted octanol–water partition coefficient (Wildman–Crippen LogP) is 2.73. The molecular weight excluding hydrogens is 288 g/mol. The van der Waals surface area contributed by atoms with Gasteiger partial charge in [0.2, 0.25) is 0 Å². The quantitative estimate of drug-likeness (QED) is 0.430. The molecule has 4 nitrogen and oxygen atoms in total. The van der Waals surface area contributed by atoms with Gasteiger partial charge in [0.05, 0.1) is 11.6 Å². The Bertz CT molecular complexity index is 331. The molecule has 0 unspecified atom stereocenters. The maximum atomic E-state index is 11.0. The molecule has 0 spiro atoms. The molecule has 0 heterocycles. The van der Waals surface area contributed by atoms with Gasteiger partial charge in [0.25, 0.3) is 0 Å². The van der Waals surface area contributed by atoms with Gasteiger partial charge in [-0.05, 0) is 41.8 Å². The van der Waals surface area contributed by atoms with Crippen LogP contribution in [0.5, 0.6) is 0 Å². The summed E-state index contributed by atoms with van der Waals surface area (Å²) in [6.45, 7) is 3.62. The third-order valence-corrected chi connectivity index (χ3v) is 2.61. The highest BCUT2D eigenvalue weighted by Gasteiger charge is 2.03. The predicted molar refractivity (Wildman–Crippen MR) is 68.7 cm³/mol. The summed E-state index contributed by atoms with van der Waals surface area (Å²) in [6, 6.07) is 0. The standard InChI is InChI=1S/C12H17BrO4/c1-9(7-8-17-10(2)14)5-4-6-11(13)12(15)16-3/h6-7H,4-5,8H2,1-3H3/b9-7+,11-6+. The van der Waals surface area contributed by atoms with Gasteiger partial charge < -0.3 is 9.47 Å². The molecule has 5 heteroatoms. The Labute approximate surface area is 110 Å². The Balaban J connectivity index is 3.95. The lowest BCUT2D eigenvalue weighted by Gasteiger charge is -2.00. The smallest absolute Gasteiger partial charge is 0.344 e. The minimum absolute atomic E-state index is 0.289. The summed E-state index contributed by atoms with van der Waals surface area (Å²) in [5.74, 6) is -0.672. The van der Waals surface area contributed by atoms with Crippen LogP contribution in [-0.4, -0.2) is 25.7 Å². The van der Waals surface area contributed by atoms with Crippen LogP contribution in [0.25, 0.3) is 0 Å². The minimum Gasteiger partial charge on any atom is -0.465 e. The van der Waals surface area contributed by atoms with Gasteiger partial charge in [-0.15, -0.1) is 0 Å². The van der Waals surface area contributed by atoms with Crippen LogP contribution in [-0.2, 0) is 19.1 Å². The number of allylic oxidation sites excluding steroid dienone is 2. The molecule has 0 rings (SSSR count). The lowest BCUT2D eigenvalue weighted by Crippen LogP contribution is -1.99. The summed E-state index contributed by atoms with van der Waals surface area (Å²) in [6.07, 6.45) is 5.13. The highest BCUT2D eigenvalue weighted by atomic mass is 79.9. The van der Waals surface area contributed by atoms with E-state index in [0.717, 1.165) is 18.4 Å². The number of hydrogen-bond donors (Lipinski definition) is 0. The fourth-order valence-corrected chi connectivity index (χ4v) is 1.40. The first-order valence-electron chi connectivity index (χ1n) is 5.20. The molecule has 0 saturated carbocycles. The first-order valence-corrected chi connectivity index (χ1v) is 5.99. The van der Waals surface area contributed by atoms with Crippen LogP contribution in [0, 0.1) is 0 Å². The maximum Gasteiger partial charge on any atom is 0.344 e. The zero-order chi connectivity index (χ0) is 13.3. The summed E-state index contributed by atoms with van der Waals surface area (Å²) in [5, 5.41) is 0. The molecule has 0 atom stereocenters. The van der Waals surface area contributed by atoms with E-state index in [1.165, 1.54) is 14.0 Å². The van der Waals surface area contributed by atoms with Gasteiger partial charge in [0.1, 0.15) is 6.61 Å². The van der Waals surface area contributed by atoms with Crippen LogP contribution in [0.4, 0.5) is 0 Å². The van der Waals surface area contributed by atoms with Gasteiger partial charge in [-0.3, -0.25) is 4.79 Å². The van der Waals surface area contributed by atoms with Gasteiger partial charge >= 0.3 is 11.9 Å². The van der Waals surface area contributed by atoms with Crippen molar-refractivity contribution in [2.45, 2.75) is 26.7 Å². The van der Waals surface area contributed by atoms with Gasteiger partial charge in [-0.2, -0.15) is 0 Å². The molecule has 0 aliphatic heterocycles. The van der Waals surface area contributed by atoms with Crippen molar-refractivity contribution in [3.05, 3.63) is 22.2 Å². The summed E-state index contributed by atoms with van der Waals surface area (Å²) >= 11 is 3.12. The first-order chi connectivity index (χ1) is 7.97. The second-order valence-electron chi connectivity index (χ2n) is 3.44. The Kier molecular flexibility index (Phi) is 8.40. The zero-order valence-corrected chi connectivity index (χ0v) is 11.9. The summed E-state index contributed by atoms with van der Waals surface area (Å²) in [4.78, 5) is 21.5. The van der Waals surface area contributed by atoms with Crippen LogP contribution in [0.2, 0.25) is 0 Å². The number of carbonyl (C=O) groups is 2. The number of hydrogen-bond acceptors (Lipinski definition) is 4. The van der Waals surface area contributed by atoms with Crippen LogP contribution < -0.4 is 0 Å². The van der Waals surface area contributed by atoms with Crippen molar-refractivity contribution in [2.24, 2.45) is 0 Å². The van der Waals surface area contributed by atoms with E-state index in [9.17, 15) is 9.59 Å². The first kappa shape index (κ1) is 15.9. The Morgan fingerprint density at radius 3 is 2.41 bits per heavy atom. The van der Waals surface area contributed by atoms with E-state index in [0.29, 0.717) is 11.1 Å². The number of ether oxygens (including phenoxy) is 2. The molecule has 0 saturated heterocycles. The molecule has 0 aromatic carbocycles. The molecule has 0 aliphatic carbocycles. The molecule has 0 bridgehead atoms. The Morgan fingerprint density at radius 2 is 1.88 bits per heavy atom. The van der Waals surface area contributed by atoms with Gasteiger partial charge in [0.15, 0.2) is 0 Å². The SMILES string of the molecule is COC(=O)/C(Br)=C\CC/C(C)=C/COC(C)=O. The molecule has 0 aromatic rings. The molecule has 0 fully saturated rings. The number of esters is 2. The Hall–Kier alpha value is -1.10. The van der Waals surface area contributed by atoms with Gasteiger partial charge in [-0.1, -0.05) is 11.6 Å². The van der Waals surface area contributed by atoms with E-state index in [4.69, 9.17) is 4.74 Å². The number of rotatable bonds is 6. The summed E-state index contributed by atoms with van der Waals surface area (Å²) in [7, 11) is 1.34. The van der Waals surface area contributed by atoms with E-state index in [-0.39, 0.29) is 11.9 Å². The topological polar surface area (TPSA) is 52.6 Å². The lowest BCUT2D eigenvalue weighted by molar-refractivity contribution is -0.139. The molecule has 0 aromatic heterocycles. The number of carbonyl (C=O) groups excluding carboxylic acids is 2. The average Bonchev–Trinajstić information content (AvgIpc) is 2.27. The largest absolute Gasteiger partial charge is 0.465 e. The molecule has 96 valence electrons. The number of halogens is 1. The van der Waals surface area contributed by atoms with Crippen molar-refractivity contribution < 1.29 is 19.1 Å². The summed E-state index contributed by atoms with van der Waals surface area (Å²) < 4.78 is 9.74. The third kappa shape index (κ3) is 8.68. The maximum absolute atomic E-state index is 11.0. The third-order valence-electron chi connectivity index (χ3n) is 1.96. The van der Waals surface area contributed by atoms with Crippen molar-refractivity contribution in [3.8, 4) is 0 Å². The molecule has 0 radical (unpaired) electrons. The van der Waals surface area contributed by atoms with Gasteiger partial charge in [0, 0.05) is 6.92 Å². The van der Waals surface area contributed by atoms with E-state index in [1.807, 2.05) is 13.0 Å². The molecule has 0 aliphatic rings. The second kappa shape index (κ2) is 8.98. The second-order valence-corrected chi connectivity index (χ2v) is 4.29. The summed E-state index contributed by atoms with van der Waals surface area (Å²) in [5.41, 5.74) is 1.10. The fraction of sp³-hybridized carbons (Fsp3) is 0.500. The van der Waals surface area contributed by atoms with Gasteiger partial charge in [-0.25, -0.2) is 4.79 Å². The van der Waals surface area contributed by atoms with Crippen molar-refractivity contribution >= 4 is 27.9 Å². The lowest BCUT2D eigenvalue weighted by atomic mass is 10.1. The van der Waals surface area contributed by atoms with E-state index >= 15 is 0 Å². The van der Waals surface area contributed by atoms with E-state index < -0.39 is 0 Å². The number of methoxy groups -OCH3 is 1. The molecule has 17 heavy (non-hydrogen) atoms. The monoisotopic (exact) mass is 304 g/mol. The van der Waals surface area contributed by atoms with Crippen molar-refractivity contribution in [3.63, 3.8) is 0 Å². The van der Waals surface area contributed by atoms with E-state index in [1.54, 1.807) is 6.08 Å². The van der Waals surface area contributed by atoms with Crippen LogP contribution in [0.1, 0.15) is 26.7 Å². The Morgan fingerprint density at radius 1 is 1.24 bits per heavy atom. The van der Waals surface area contributed by atoms with E-state index in [2.05, 4.69) is 20.7 Å². The molecule has 0 amide bonds. The van der Waals surface area contributed by atoms with Crippen LogP contribution in [0.15, 0.2) is 22.2 Å². The van der Waals surface area contributed by atoms with Crippen molar-refractivity contribution in [1.29, 1.82) is 0 Å². The van der Waals surface area contributed by atoms with Crippen molar-refractivity contribution in [2.75, 3.05) is 13.7 Å². The van der Waals surface area contributed by atoms with Crippen LogP contribution in [0.3, 0.4) is 0 Å². The minimum atomic E-state index is -0.383. The highest BCUT2D eigenvalue weighted by Crippen LogP contribution is 2.12. The fourth-order valence-electron chi connectivity index (χ4n) is 1.01. The van der Waals surface area contributed by atoms with Crippen molar-refractivity contribution in [1.82, 2.24) is 0 Å². The zero-order valence-electron chi connectivity index (χ0n) is 10.3. The molecular formula is C12H17BrO4. The molecule has 0 N–H and O–H groups in total. The normalized spacial score (nSPS) is 12.2. The average molecular weight is 305 g/mol.